The SMILES string of the molecule is CCOC(=O)[C@@]1(CC)C[C@H]2CC[C@@H]1N2Cc1nc(C(F)(F)F)no1. The number of ether oxygens (including phenoxy) is 1. The van der Waals surface area contributed by atoms with E-state index in [0.717, 1.165) is 12.8 Å². The molecule has 3 heterocycles. The van der Waals surface area contributed by atoms with Crippen molar-refractivity contribution in [3.8, 4) is 0 Å². The Morgan fingerprint density at radius 1 is 1.42 bits per heavy atom. The van der Waals surface area contributed by atoms with E-state index in [1.165, 1.54) is 0 Å². The summed E-state index contributed by atoms with van der Waals surface area (Å²) in [5.41, 5.74) is -0.591. The molecular formula is C15H20F3N3O3. The van der Waals surface area contributed by atoms with Gasteiger partial charge < -0.3 is 9.26 Å². The highest BCUT2D eigenvalue weighted by Gasteiger charge is 2.59. The number of halogens is 3. The Kier molecular flexibility index (Phi) is 4.31. The number of esters is 1. The second kappa shape index (κ2) is 6.02. The average Bonchev–Trinajstić information content (AvgIpc) is 3.22. The Morgan fingerprint density at radius 3 is 2.75 bits per heavy atom. The maximum Gasteiger partial charge on any atom is 0.455 e. The first-order valence-electron chi connectivity index (χ1n) is 8.14. The lowest BCUT2D eigenvalue weighted by Crippen LogP contribution is -2.44. The van der Waals surface area contributed by atoms with E-state index < -0.39 is 17.4 Å². The summed E-state index contributed by atoms with van der Waals surface area (Å²) >= 11 is 0. The lowest BCUT2D eigenvalue weighted by Gasteiger charge is -2.34. The third kappa shape index (κ3) is 2.68. The van der Waals surface area contributed by atoms with Crippen molar-refractivity contribution in [2.45, 2.75) is 64.3 Å². The summed E-state index contributed by atoms with van der Waals surface area (Å²) in [6, 6.07) is 0.0633. The number of rotatable bonds is 5. The average molecular weight is 347 g/mol. The third-order valence-corrected chi connectivity index (χ3v) is 5.23. The van der Waals surface area contributed by atoms with E-state index >= 15 is 0 Å². The number of nitrogens with zero attached hydrogens (tertiary/aromatic N) is 3. The predicted octanol–water partition coefficient (Wildman–Crippen LogP) is 2.78. The van der Waals surface area contributed by atoms with Gasteiger partial charge in [0.15, 0.2) is 0 Å². The van der Waals surface area contributed by atoms with Crippen molar-refractivity contribution >= 4 is 5.97 Å². The van der Waals surface area contributed by atoms with Crippen molar-refractivity contribution < 1.29 is 27.2 Å². The van der Waals surface area contributed by atoms with E-state index in [-0.39, 0.29) is 30.5 Å². The van der Waals surface area contributed by atoms with Crippen LogP contribution in [0.5, 0.6) is 0 Å². The molecule has 24 heavy (non-hydrogen) atoms. The van der Waals surface area contributed by atoms with Gasteiger partial charge in [0.2, 0.25) is 5.89 Å². The highest BCUT2D eigenvalue weighted by molar-refractivity contribution is 5.78. The number of carbonyl (C=O) groups excluding carboxylic acids is 1. The molecule has 2 aliphatic rings. The van der Waals surface area contributed by atoms with Gasteiger partial charge in [-0.15, -0.1) is 0 Å². The topological polar surface area (TPSA) is 68.5 Å². The van der Waals surface area contributed by atoms with Crippen molar-refractivity contribution in [2.75, 3.05) is 6.61 Å². The predicted molar refractivity (Wildman–Crippen MR) is 75.6 cm³/mol. The van der Waals surface area contributed by atoms with E-state index in [1.807, 2.05) is 11.8 Å². The van der Waals surface area contributed by atoms with Crippen molar-refractivity contribution in [1.29, 1.82) is 0 Å². The van der Waals surface area contributed by atoms with Gasteiger partial charge >= 0.3 is 12.1 Å². The molecule has 0 amide bonds. The van der Waals surface area contributed by atoms with Crippen molar-refractivity contribution in [2.24, 2.45) is 5.41 Å². The molecule has 1 aromatic heterocycles. The Balaban J connectivity index is 1.78. The Bertz CT molecular complexity index is 619. The summed E-state index contributed by atoms with van der Waals surface area (Å²) in [6.45, 7) is 4.16. The maximum atomic E-state index is 12.6. The molecule has 2 aliphatic heterocycles. The molecule has 6 nitrogen and oxygen atoms in total. The first-order chi connectivity index (χ1) is 11.3. The first-order valence-corrected chi connectivity index (χ1v) is 8.14. The van der Waals surface area contributed by atoms with Crippen LogP contribution in [-0.2, 0) is 22.3 Å². The Morgan fingerprint density at radius 2 is 2.17 bits per heavy atom. The van der Waals surface area contributed by atoms with Gasteiger partial charge in [-0.2, -0.15) is 18.2 Å². The van der Waals surface area contributed by atoms with Gasteiger partial charge in [-0.1, -0.05) is 12.1 Å². The fourth-order valence-electron chi connectivity index (χ4n) is 4.15. The molecule has 3 atom stereocenters. The van der Waals surface area contributed by atoms with Gasteiger partial charge in [0.25, 0.3) is 5.82 Å². The van der Waals surface area contributed by atoms with Crippen LogP contribution in [0.15, 0.2) is 4.52 Å². The highest BCUT2D eigenvalue weighted by Crippen LogP contribution is 2.52. The minimum Gasteiger partial charge on any atom is -0.466 e. The molecule has 0 spiro atoms. The summed E-state index contributed by atoms with van der Waals surface area (Å²) in [7, 11) is 0. The van der Waals surface area contributed by atoms with Crippen LogP contribution < -0.4 is 0 Å². The van der Waals surface area contributed by atoms with Gasteiger partial charge in [-0.3, -0.25) is 9.69 Å². The molecule has 3 rings (SSSR count). The fraction of sp³-hybridized carbons (Fsp3) is 0.800. The quantitative estimate of drug-likeness (QED) is 0.763. The van der Waals surface area contributed by atoms with E-state index in [9.17, 15) is 18.0 Å². The molecule has 0 aromatic carbocycles. The molecule has 134 valence electrons. The van der Waals surface area contributed by atoms with Gasteiger partial charge in [-0.05, 0) is 32.6 Å². The van der Waals surface area contributed by atoms with Crippen molar-refractivity contribution in [1.82, 2.24) is 15.0 Å². The number of hydrogen-bond donors (Lipinski definition) is 0. The third-order valence-electron chi connectivity index (χ3n) is 5.23. The normalized spacial score (nSPS) is 30.0. The van der Waals surface area contributed by atoms with Gasteiger partial charge in [0, 0.05) is 12.1 Å². The molecular weight excluding hydrogens is 327 g/mol. The molecule has 2 saturated heterocycles. The standard InChI is InChI=1S/C15H20F3N3O3/c1-3-14(13(22)23-4-2)7-9-5-6-10(14)21(9)8-11-19-12(20-24-11)15(16,17)18/h9-10H,3-8H2,1-2H3/t9-,10+,14+/m1/s1. The molecule has 2 fully saturated rings. The van der Waals surface area contributed by atoms with Crippen LogP contribution in [0.1, 0.15) is 51.2 Å². The zero-order valence-corrected chi connectivity index (χ0v) is 13.6. The number of carbonyl (C=O) groups is 1. The zero-order valence-electron chi connectivity index (χ0n) is 13.6. The van der Waals surface area contributed by atoms with E-state index in [0.29, 0.717) is 19.4 Å². The smallest absolute Gasteiger partial charge is 0.455 e. The summed E-state index contributed by atoms with van der Waals surface area (Å²) < 4.78 is 47.8. The number of aromatic nitrogens is 2. The summed E-state index contributed by atoms with van der Waals surface area (Å²) in [5, 5.41) is 2.99. The molecule has 2 bridgehead atoms. The summed E-state index contributed by atoms with van der Waals surface area (Å²) in [5.74, 6) is -1.56. The monoisotopic (exact) mass is 347 g/mol. The highest BCUT2D eigenvalue weighted by atomic mass is 19.4. The molecule has 1 aromatic rings. The molecule has 0 saturated carbocycles. The van der Waals surface area contributed by atoms with E-state index in [1.54, 1.807) is 6.92 Å². The minimum absolute atomic E-state index is 0.0622. The van der Waals surface area contributed by atoms with E-state index in [4.69, 9.17) is 9.26 Å². The molecule has 0 N–H and O–H groups in total. The van der Waals surface area contributed by atoms with Crippen LogP contribution in [0.2, 0.25) is 0 Å². The molecule has 0 radical (unpaired) electrons. The lowest BCUT2D eigenvalue weighted by atomic mass is 9.72. The zero-order chi connectivity index (χ0) is 17.5. The molecule has 0 aliphatic carbocycles. The van der Waals surface area contributed by atoms with Crippen LogP contribution in [0.3, 0.4) is 0 Å². The molecule has 0 unspecified atom stereocenters. The van der Waals surface area contributed by atoms with Crippen LogP contribution in [0, 0.1) is 5.41 Å². The Hall–Kier alpha value is -1.64. The summed E-state index contributed by atoms with van der Waals surface area (Å²) in [4.78, 5) is 17.9. The largest absolute Gasteiger partial charge is 0.466 e. The van der Waals surface area contributed by atoms with Gasteiger partial charge in [0.05, 0.1) is 18.6 Å². The summed E-state index contributed by atoms with van der Waals surface area (Å²) in [6.07, 6.45) is -1.60. The van der Waals surface area contributed by atoms with Gasteiger partial charge in [-0.25, -0.2) is 0 Å². The lowest BCUT2D eigenvalue weighted by molar-refractivity contribution is -0.158. The van der Waals surface area contributed by atoms with Crippen LogP contribution in [-0.4, -0.2) is 39.7 Å². The number of fused-ring (bicyclic) bond motifs is 2. The van der Waals surface area contributed by atoms with E-state index in [2.05, 4.69) is 10.1 Å². The number of alkyl halides is 3. The van der Waals surface area contributed by atoms with Crippen molar-refractivity contribution in [3.63, 3.8) is 0 Å². The fourth-order valence-corrected chi connectivity index (χ4v) is 4.15. The van der Waals surface area contributed by atoms with Crippen LogP contribution in [0.25, 0.3) is 0 Å². The molecule has 9 heteroatoms. The minimum atomic E-state index is -4.62. The van der Waals surface area contributed by atoms with Crippen LogP contribution in [0.4, 0.5) is 13.2 Å². The van der Waals surface area contributed by atoms with Crippen molar-refractivity contribution in [3.05, 3.63) is 11.7 Å². The number of hydrogen-bond acceptors (Lipinski definition) is 6. The van der Waals surface area contributed by atoms with Gasteiger partial charge in [0.1, 0.15) is 0 Å². The second-order valence-electron chi connectivity index (χ2n) is 6.36. The first kappa shape index (κ1) is 17.2. The maximum absolute atomic E-state index is 12.6. The Labute approximate surface area is 137 Å². The van der Waals surface area contributed by atoms with Crippen LogP contribution >= 0.6 is 0 Å². The second-order valence-corrected chi connectivity index (χ2v) is 6.36.